The van der Waals surface area contributed by atoms with E-state index in [9.17, 15) is 4.79 Å². The molecule has 2 aromatic heterocycles. The fraction of sp³-hybridized carbons (Fsp3) is 0.286. The van der Waals surface area contributed by atoms with Gasteiger partial charge >= 0.3 is 0 Å². The molecule has 1 aliphatic heterocycles. The number of carbonyl (C=O) groups is 1. The molecule has 1 unspecified atom stereocenters. The molecule has 0 radical (unpaired) electrons. The minimum atomic E-state index is -0.0760. The molecule has 28 heavy (non-hydrogen) atoms. The Morgan fingerprint density at radius 2 is 1.96 bits per heavy atom. The Morgan fingerprint density at radius 3 is 2.71 bits per heavy atom. The minimum Gasteiger partial charge on any atom is -0.457 e. The van der Waals surface area contributed by atoms with E-state index < -0.39 is 0 Å². The highest BCUT2D eigenvalue weighted by Gasteiger charge is 2.17. The van der Waals surface area contributed by atoms with Gasteiger partial charge in [-0.05, 0) is 48.6 Å². The van der Waals surface area contributed by atoms with Gasteiger partial charge in [-0.1, -0.05) is 12.1 Å². The quantitative estimate of drug-likeness (QED) is 0.652. The number of pyridine rings is 1. The number of nitrogens with zero attached hydrogens (tertiary/aromatic N) is 2. The largest absolute Gasteiger partial charge is 0.457 e. The number of ether oxygens (including phenoxy) is 2. The van der Waals surface area contributed by atoms with Gasteiger partial charge in [-0.25, -0.2) is 4.98 Å². The summed E-state index contributed by atoms with van der Waals surface area (Å²) in [7, 11) is 0. The van der Waals surface area contributed by atoms with E-state index in [1.165, 1.54) is 16.2 Å². The number of amides is 1. The standard InChI is InChI=1S/C21H21N3O3S/c25-20(24-21-23-13-19(28-21)11-16-7-10-26-14-16)12-15-1-3-17(4-2-15)27-18-5-8-22-9-6-18/h1-6,8-9,13,16H,7,10-12,14H2,(H,23,24,25). The van der Waals surface area contributed by atoms with Crippen LogP contribution < -0.4 is 10.1 Å². The van der Waals surface area contributed by atoms with Crippen molar-refractivity contribution in [2.75, 3.05) is 18.5 Å². The average molecular weight is 395 g/mol. The highest BCUT2D eigenvalue weighted by molar-refractivity contribution is 7.15. The maximum absolute atomic E-state index is 12.3. The van der Waals surface area contributed by atoms with Crippen LogP contribution in [0, 0.1) is 5.92 Å². The molecule has 3 aromatic rings. The number of hydrogen-bond acceptors (Lipinski definition) is 6. The molecule has 0 spiro atoms. The van der Waals surface area contributed by atoms with Crippen molar-refractivity contribution in [1.82, 2.24) is 9.97 Å². The molecule has 3 heterocycles. The first kappa shape index (κ1) is 18.6. The van der Waals surface area contributed by atoms with Gasteiger partial charge in [0.05, 0.1) is 6.42 Å². The van der Waals surface area contributed by atoms with Gasteiger partial charge < -0.3 is 14.8 Å². The van der Waals surface area contributed by atoms with E-state index in [-0.39, 0.29) is 5.91 Å². The Kier molecular flexibility index (Phi) is 5.94. The second kappa shape index (κ2) is 8.95. The molecule has 1 aromatic carbocycles. The first-order valence-electron chi connectivity index (χ1n) is 9.24. The molecule has 1 N–H and O–H groups in total. The third-order valence-corrected chi connectivity index (χ3v) is 5.42. The highest BCUT2D eigenvalue weighted by Crippen LogP contribution is 2.25. The number of carbonyl (C=O) groups excluding carboxylic acids is 1. The minimum absolute atomic E-state index is 0.0760. The number of rotatable bonds is 7. The summed E-state index contributed by atoms with van der Waals surface area (Å²) >= 11 is 1.54. The summed E-state index contributed by atoms with van der Waals surface area (Å²) in [6.07, 6.45) is 7.57. The maximum atomic E-state index is 12.3. The van der Waals surface area contributed by atoms with Crippen LogP contribution in [-0.2, 0) is 22.4 Å². The zero-order valence-electron chi connectivity index (χ0n) is 15.3. The van der Waals surface area contributed by atoms with Crippen molar-refractivity contribution in [1.29, 1.82) is 0 Å². The van der Waals surface area contributed by atoms with Crippen molar-refractivity contribution in [2.24, 2.45) is 5.92 Å². The number of thiazole rings is 1. The number of anilines is 1. The Bertz CT molecular complexity index is 906. The number of nitrogens with one attached hydrogen (secondary N) is 1. The Morgan fingerprint density at radius 1 is 1.18 bits per heavy atom. The van der Waals surface area contributed by atoms with Crippen LogP contribution in [0.15, 0.2) is 55.0 Å². The van der Waals surface area contributed by atoms with Crippen LogP contribution in [0.4, 0.5) is 5.13 Å². The Balaban J connectivity index is 1.28. The molecule has 1 saturated heterocycles. The van der Waals surface area contributed by atoms with Crippen molar-refractivity contribution in [3.8, 4) is 11.5 Å². The predicted octanol–water partition coefficient (Wildman–Crippen LogP) is 4.09. The van der Waals surface area contributed by atoms with Crippen LogP contribution in [0.1, 0.15) is 16.9 Å². The van der Waals surface area contributed by atoms with Crippen molar-refractivity contribution < 1.29 is 14.3 Å². The maximum Gasteiger partial charge on any atom is 0.230 e. The smallest absolute Gasteiger partial charge is 0.230 e. The normalized spacial score (nSPS) is 16.1. The summed E-state index contributed by atoms with van der Waals surface area (Å²) in [6.45, 7) is 1.67. The van der Waals surface area contributed by atoms with Crippen molar-refractivity contribution in [3.63, 3.8) is 0 Å². The lowest BCUT2D eigenvalue weighted by Crippen LogP contribution is -2.14. The van der Waals surface area contributed by atoms with E-state index in [0.717, 1.165) is 43.1 Å². The van der Waals surface area contributed by atoms with Gasteiger partial charge in [0.2, 0.25) is 5.91 Å². The summed E-state index contributed by atoms with van der Waals surface area (Å²) < 4.78 is 11.1. The molecule has 0 aliphatic carbocycles. The lowest BCUT2D eigenvalue weighted by molar-refractivity contribution is -0.115. The van der Waals surface area contributed by atoms with Gasteiger partial charge in [-0.3, -0.25) is 9.78 Å². The fourth-order valence-corrected chi connectivity index (χ4v) is 4.00. The molecule has 0 saturated carbocycles. The summed E-state index contributed by atoms with van der Waals surface area (Å²) in [5.74, 6) is 1.94. The molecule has 0 bridgehead atoms. The van der Waals surface area contributed by atoms with Crippen LogP contribution in [0.3, 0.4) is 0 Å². The van der Waals surface area contributed by atoms with Crippen LogP contribution in [0.2, 0.25) is 0 Å². The number of benzene rings is 1. The summed E-state index contributed by atoms with van der Waals surface area (Å²) in [6, 6.07) is 11.1. The number of aromatic nitrogens is 2. The molecular weight excluding hydrogens is 374 g/mol. The van der Waals surface area contributed by atoms with Crippen molar-refractivity contribution in [3.05, 3.63) is 65.4 Å². The monoisotopic (exact) mass is 395 g/mol. The molecule has 144 valence electrons. The van der Waals surface area contributed by atoms with E-state index >= 15 is 0 Å². The van der Waals surface area contributed by atoms with E-state index in [0.29, 0.717) is 17.5 Å². The lowest BCUT2D eigenvalue weighted by atomic mass is 10.1. The molecule has 1 aliphatic rings. The lowest BCUT2D eigenvalue weighted by Gasteiger charge is -2.06. The fourth-order valence-electron chi connectivity index (χ4n) is 3.06. The van der Waals surface area contributed by atoms with E-state index in [4.69, 9.17) is 9.47 Å². The van der Waals surface area contributed by atoms with Crippen LogP contribution in [0.25, 0.3) is 0 Å². The zero-order valence-corrected chi connectivity index (χ0v) is 16.2. The van der Waals surface area contributed by atoms with Gasteiger partial charge in [0.15, 0.2) is 5.13 Å². The van der Waals surface area contributed by atoms with Gasteiger partial charge in [-0.2, -0.15) is 0 Å². The van der Waals surface area contributed by atoms with Gasteiger partial charge in [0.25, 0.3) is 0 Å². The second-order valence-electron chi connectivity index (χ2n) is 6.72. The van der Waals surface area contributed by atoms with E-state index in [2.05, 4.69) is 15.3 Å². The molecule has 6 nitrogen and oxygen atoms in total. The number of hydrogen-bond donors (Lipinski definition) is 1. The Labute approximate surface area is 167 Å². The van der Waals surface area contributed by atoms with E-state index in [1.54, 1.807) is 24.5 Å². The summed E-state index contributed by atoms with van der Waals surface area (Å²) in [4.78, 5) is 21.8. The Hall–Kier alpha value is -2.77. The first-order valence-corrected chi connectivity index (χ1v) is 10.1. The molecule has 4 rings (SSSR count). The van der Waals surface area contributed by atoms with Gasteiger partial charge in [0.1, 0.15) is 11.5 Å². The van der Waals surface area contributed by atoms with Crippen molar-refractivity contribution >= 4 is 22.4 Å². The third kappa shape index (κ3) is 5.15. The zero-order chi connectivity index (χ0) is 19.2. The molecule has 1 atom stereocenters. The molecule has 1 amide bonds. The van der Waals surface area contributed by atoms with Crippen molar-refractivity contribution in [2.45, 2.75) is 19.3 Å². The molecule has 7 heteroatoms. The summed E-state index contributed by atoms with van der Waals surface area (Å²) in [5, 5.41) is 3.54. The third-order valence-electron chi connectivity index (χ3n) is 4.49. The average Bonchev–Trinajstić information content (AvgIpc) is 3.37. The van der Waals surface area contributed by atoms with Gasteiger partial charge in [-0.15, -0.1) is 11.3 Å². The van der Waals surface area contributed by atoms with Gasteiger partial charge in [0, 0.05) is 36.7 Å². The van der Waals surface area contributed by atoms with Crippen LogP contribution in [0.5, 0.6) is 11.5 Å². The summed E-state index contributed by atoms with van der Waals surface area (Å²) in [5.41, 5.74) is 0.916. The second-order valence-corrected chi connectivity index (χ2v) is 7.83. The first-order chi connectivity index (χ1) is 13.7. The molecule has 1 fully saturated rings. The van der Waals surface area contributed by atoms with E-state index in [1.807, 2.05) is 30.5 Å². The topological polar surface area (TPSA) is 73.3 Å². The predicted molar refractivity (Wildman–Crippen MR) is 108 cm³/mol. The van der Waals surface area contributed by atoms with Crippen LogP contribution in [-0.4, -0.2) is 29.1 Å². The highest BCUT2D eigenvalue weighted by atomic mass is 32.1. The van der Waals surface area contributed by atoms with Crippen LogP contribution >= 0.6 is 11.3 Å². The molecular formula is C21H21N3O3S. The SMILES string of the molecule is O=C(Cc1ccc(Oc2ccncc2)cc1)Nc1ncc(CC2CCOC2)s1.